The third-order valence-corrected chi connectivity index (χ3v) is 6.22. The maximum Gasteiger partial charge on any atom is 0.262 e. The molecule has 146 valence electrons. The van der Waals surface area contributed by atoms with E-state index in [9.17, 15) is 19.2 Å². The van der Waals surface area contributed by atoms with Gasteiger partial charge in [0.05, 0.1) is 11.1 Å². The van der Waals surface area contributed by atoms with Crippen molar-refractivity contribution in [2.75, 3.05) is 19.6 Å². The topological polar surface area (TPSA) is 98.8 Å². The van der Waals surface area contributed by atoms with Crippen molar-refractivity contribution >= 4 is 23.6 Å². The van der Waals surface area contributed by atoms with Crippen molar-refractivity contribution in [1.82, 2.24) is 20.4 Å². The van der Waals surface area contributed by atoms with Crippen LogP contribution >= 0.6 is 0 Å². The van der Waals surface area contributed by atoms with E-state index in [1.165, 1.54) is 12.8 Å². The zero-order valence-corrected chi connectivity index (χ0v) is 15.5. The summed E-state index contributed by atoms with van der Waals surface area (Å²) in [5, 5.41) is 5.80. The Morgan fingerprint density at radius 2 is 1.86 bits per heavy atom. The van der Waals surface area contributed by atoms with Gasteiger partial charge in [0.1, 0.15) is 6.04 Å². The highest BCUT2D eigenvalue weighted by atomic mass is 16.2. The van der Waals surface area contributed by atoms with Crippen LogP contribution in [0, 0.1) is 0 Å². The van der Waals surface area contributed by atoms with E-state index in [4.69, 9.17) is 0 Å². The molecule has 5 rings (SSSR count). The summed E-state index contributed by atoms with van der Waals surface area (Å²) in [6.45, 7) is 3.65. The van der Waals surface area contributed by atoms with E-state index < -0.39 is 23.8 Å². The summed E-state index contributed by atoms with van der Waals surface area (Å²) in [6, 6.07) is 4.44. The molecule has 0 radical (unpaired) electrons. The second-order valence-electron chi connectivity index (χ2n) is 8.24. The molecule has 3 fully saturated rings. The fourth-order valence-electron chi connectivity index (χ4n) is 4.54. The second-order valence-corrected chi connectivity index (χ2v) is 8.24. The molecule has 8 heteroatoms. The number of piperidine rings is 1. The molecule has 4 amide bonds. The molecule has 1 aromatic rings. The van der Waals surface area contributed by atoms with E-state index in [-0.39, 0.29) is 24.3 Å². The molecule has 1 spiro atoms. The number of nitrogens with zero attached hydrogens (tertiary/aromatic N) is 2. The molecule has 0 bridgehead atoms. The van der Waals surface area contributed by atoms with E-state index in [0.717, 1.165) is 36.6 Å². The SMILES string of the molecule is O=C1CCC(N2C(=O)c3ccc(CN4CCNC5(CC5)C4)cc3C2=O)C(=O)N1. The maximum absolute atomic E-state index is 12.9. The zero-order chi connectivity index (χ0) is 19.5. The first-order valence-electron chi connectivity index (χ1n) is 9.78. The van der Waals surface area contributed by atoms with Crippen LogP contribution < -0.4 is 10.6 Å². The number of piperazine rings is 1. The van der Waals surface area contributed by atoms with Gasteiger partial charge in [-0.05, 0) is 37.0 Å². The average Bonchev–Trinajstić information content (AvgIpc) is 3.36. The fourth-order valence-corrected chi connectivity index (χ4v) is 4.54. The van der Waals surface area contributed by atoms with Crippen molar-refractivity contribution in [3.05, 3.63) is 34.9 Å². The van der Waals surface area contributed by atoms with Gasteiger partial charge in [-0.3, -0.25) is 34.3 Å². The van der Waals surface area contributed by atoms with Gasteiger partial charge in [0, 0.05) is 38.1 Å². The number of imide groups is 2. The van der Waals surface area contributed by atoms with Gasteiger partial charge in [-0.2, -0.15) is 0 Å². The highest BCUT2D eigenvalue weighted by Gasteiger charge is 2.46. The minimum atomic E-state index is -0.920. The molecule has 1 aromatic carbocycles. The first-order chi connectivity index (χ1) is 13.5. The number of nitrogens with one attached hydrogen (secondary N) is 2. The number of benzene rings is 1. The number of fused-ring (bicyclic) bond motifs is 1. The van der Waals surface area contributed by atoms with E-state index in [2.05, 4.69) is 15.5 Å². The molecule has 1 atom stereocenters. The van der Waals surface area contributed by atoms with Gasteiger partial charge in [-0.1, -0.05) is 6.07 Å². The van der Waals surface area contributed by atoms with Crippen LogP contribution in [0.4, 0.5) is 0 Å². The number of rotatable bonds is 3. The molecule has 2 saturated heterocycles. The molecule has 4 aliphatic rings. The van der Waals surface area contributed by atoms with Crippen LogP contribution in [0.3, 0.4) is 0 Å². The van der Waals surface area contributed by atoms with Crippen molar-refractivity contribution in [1.29, 1.82) is 0 Å². The van der Waals surface area contributed by atoms with Crippen LogP contribution in [0.1, 0.15) is 52.0 Å². The average molecular weight is 382 g/mol. The molecule has 1 unspecified atom stereocenters. The Morgan fingerprint density at radius 3 is 2.61 bits per heavy atom. The lowest BCUT2D eigenvalue weighted by Gasteiger charge is -2.34. The summed E-state index contributed by atoms with van der Waals surface area (Å²) in [7, 11) is 0. The maximum atomic E-state index is 12.9. The van der Waals surface area contributed by atoms with Crippen LogP contribution in [0.5, 0.6) is 0 Å². The van der Waals surface area contributed by atoms with Crippen molar-refractivity contribution < 1.29 is 19.2 Å². The fraction of sp³-hybridized carbons (Fsp3) is 0.500. The van der Waals surface area contributed by atoms with Crippen LogP contribution in [0.2, 0.25) is 0 Å². The molecular weight excluding hydrogens is 360 g/mol. The number of hydrogen-bond donors (Lipinski definition) is 2. The lowest BCUT2D eigenvalue weighted by molar-refractivity contribution is -0.136. The molecule has 3 heterocycles. The molecule has 8 nitrogen and oxygen atoms in total. The van der Waals surface area contributed by atoms with Crippen LogP contribution in [-0.2, 0) is 16.1 Å². The van der Waals surface area contributed by atoms with Crippen molar-refractivity contribution in [3.63, 3.8) is 0 Å². The summed E-state index contributed by atoms with van der Waals surface area (Å²) in [6.07, 6.45) is 2.72. The summed E-state index contributed by atoms with van der Waals surface area (Å²) < 4.78 is 0. The number of hydrogen-bond acceptors (Lipinski definition) is 6. The number of carbonyl (C=O) groups is 4. The Labute approximate surface area is 162 Å². The minimum Gasteiger partial charge on any atom is -0.309 e. The summed E-state index contributed by atoms with van der Waals surface area (Å²) >= 11 is 0. The highest BCUT2D eigenvalue weighted by molar-refractivity contribution is 6.23. The molecule has 3 aliphatic heterocycles. The Bertz CT molecular complexity index is 907. The van der Waals surface area contributed by atoms with Crippen LogP contribution in [-0.4, -0.2) is 64.6 Å². The number of amides is 4. The van der Waals surface area contributed by atoms with Gasteiger partial charge in [0.25, 0.3) is 11.8 Å². The predicted octanol–water partition coefficient (Wildman–Crippen LogP) is 0.0256. The Kier molecular flexibility index (Phi) is 3.89. The summed E-state index contributed by atoms with van der Waals surface area (Å²) in [4.78, 5) is 52.6. The molecular formula is C20H22N4O4. The van der Waals surface area contributed by atoms with Crippen LogP contribution in [0.15, 0.2) is 18.2 Å². The normalized spacial score (nSPS) is 26.6. The summed E-state index contributed by atoms with van der Waals surface area (Å²) in [5.41, 5.74) is 1.95. The third-order valence-electron chi connectivity index (χ3n) is 6.22. The van der Waals surface area contributed by atoms with E-state index in [0.29, 0.717) is 11.1 Å². The second kappa shape index (κ2) is 6.22. The van der Waals surface area contributed by atoms with Crippen molar-refractivity contribution in [2.24, 2.45) is 0 Å². The largest absolute Gasteiger partial charge is 0.309 e. The van der Waals surface area contributed by atoms with E-state index in [1.807, 2.05) is 6.07 Å². The molecule has 0 aromatic heterocycles. The minimum absolute atomic E-state index is 0.125. The van der Waals surface area contributed by atoms with Gasteiger partial charge in [-0.15, -0.1) is 0 Å². The molecule has 1 saturated carbocycles. The van der Waals surface area contributed by atoms with Gasteiger partial charge >= 0.3 is 0 Å². The number of carbonyl (C=O) groups excluding carboxylic acids is 4. The van der Waals surface area contributed by atoms with E-state index in [1.54, 1.807) is 12.1 Å². The standard InChI is InChI=1S/C20H22N4O4/c25-16-4-3-15(17(26)22-16)24-18(27)13-2-1-12(9-14(13)19(24)28)10-23-8-7-21-20(11-23)5-6-20/h1-2,9,15,21H,3-8,10-11H2,(H,22,25,26). The van der Waals surface area contributed by atoms with Gasteiger partial charge in [-0.25, -0.2) is 0 Å². The van der Waals surface area contributed by atoms with Gasteiger partial charge in [0.2, 0.25) is 11.8 Å². The third kappa shape index (κ3) is 2.84. The first-order valence-corrected chi connectivity index (χ1v) is 9.78. The first kappa shape index (κ1) is 17.5. The smallest absolute Gasteiger partial charge is 0.262 e. The lowest BCUT2D eigenvalue weighted by atomic mass is 10.0. The highest BCUT2D eigenvalue weighted by Crippen LogP contribution is 2.38. The Hall–Kier alpha value is -2.58. The zero-order valence-electron chi connectivity index (χ0n) is 15.5. The van der Waals surface area contributed by atoms with Crippen molar-refractivity contribution in [2.45, 2.75) is 43.8 Å². The van der Waals surface area contributed by atoms with Gasteiger partial charge < -0.3 is 5.32 Å². The predicted molar refractivity (Wildman–Crippen MR) is 98.4 cm³/mol. The lowest BCUT2D eigenvalue weighted by Crippen LogP contribution is -2.54. The Balaban J connectivity index is 1.35. The van der Waals surface area contributed by atoms with Gasteiger partial charge in [0.15, 0.2) is 0 Å². The van der Waals surface area contributed by atoms with Crippen molar-refractivity contribution in [3.8, 4) is 0 Å². The molecule has 28 heavy (non-hydrogen) atoms. The Morgan fingerprint density at radius 1 is 1.07 bits per heavy atom. The van der Waals surface area contributed by atoms with Crippen LogP contribution in [0.25, 0.3) is 0 Å². The molecule has 2 N–H and O–H groups in total. The summed E-state index contributed by atoms with van der Waals surface area (Å²) in [5.74, 6) is -1.86. The molecule has 1 aliphatic carbocycles. The monoisotopic (exact) mass is 382 g/mol. The quantitative estimate of drug-likeness (QED) is 0.716. The van der Waals surface area contributed by atoms with E-state index >= 15 is 0 Å².